The first-order valence-corrected chi connectivity index (χ1v) is 16.3. The molecule has 2 saturated heterocycles. The van der Waals surface area contributed by atoms with E-state index < -0.39 is 0 Å². The van der Waals surface area contributed by atoms with Gasteiger partial charge in [-0.3, -0.25) is 14.7 Å². The summed E-state index contributed by atoms with van der Waals surface area (Å²) in [5, 5.41) is 13.7. The van der Waals surface area contributed by atoms with Crippen molar-refractivity contribution in [1.82, 2.24) is 15.1 Å². The number of carbonyl (C=O) groups excluding carboxylic acids is 1. The number of likely N-dealkylation sites (tertiary alicyclic amines) is 2. The molecule has 3 heterocycles. The van der Waals surface area contributed by atoms with E-state index >= 15 is 0 Å². The number of nitrogens with one attached hydrogen (secondary N) is 1. The third-order valence-corrected chi connectivity index (χ3v) is 10.1. The average Bonchev–Trinajstić information content (AvgIpc) is 3.65. The fourth-order valence-electron chi connectivity index (χ4n) is 7.32. The molecule has 240 valence electrons. The second-order valence-corrected chi connectivity index (χ2v) is 12.8. The fraction of sp³-hybridized carbons (Fsp3) is 0.528. The van der Waals surface area contributed by atoms with Crippen molar-refractivity contribution in [3.63, 3.8) is 0 Å². The number of allylic oxidation sites excluding steroid dienone is 2. The summed E-state index contributed by atoms with van der Waals surface area (Å²) in [6, 6.07) is 7.69. The molecule has 0 spiro atoms. The molecule has 45 heavy (non-hydrogen) atoms. The number of hydrogen-bond donors (Lipinski definition) is 2. The van der Waals surface area contributed by atoms with Gasteiger partial charge in [0.15, 0.2) is 0 Å². The molecule has 0 radical (unpaired) electrons. The number of aliphatic imine (C=N–C) groups is 1. The number of benzene rings is 2. The Kier molecular flexibility index (Phi) is 9.95. The topological polar surface area (TPSA) is 107 Å². The van der Waals surface area contributed by atoms with Crippen LogP contribution >= 0.6 is 0 Å². The van der Waals surface area contributed by atoms with E-state index in [4.69, 9.17) is 15.5 Å². The van der Waals surface area contributed by atoms with E-state index in [1.807, 2.05) is 7.05 Å². The number of carbonyl (C=O) groups is 1. The molecule has 5 rings (SSSR count). The Bertz CT molecular complexity index is 1570. The third-order valence-electron chi connectivity index (χ3n) is 10.1. The Morgan fingerprint density at radius 3 is 2.64 bits per heavy atom. The maximum atomic E-state index is 15.0. The number of amides is 1. The van der Waals surface area contributed by atoms with Crippen molar-refractivity contribution in [2.45, 2.75) is 92.0 Å². The minimum Gasteiger partial charge on any atom is -0.401 e. The van der Waals surface area contributed by atoms with Gasteiger partial charge in [-0.25, -0.2) is 4.39 Å². The molecule has 2 fully saturated rings. The normalized spacial score (nSPS) is 22.8. The molecule has 3 unspecified atom stereocenters. The van der Waals surface area contributed by atoms with Gasteiger partial charge in [-0.05, 0) is 97.9 Å². The molecule has 1 amide bonds. The number of hydrogen-bond acceptors (Lipinski definition) is 6. The lowest BCUT2D eigenvalue weighted by molar-refractivity contribution is -0.133. The Morgan fingerprint density at radius 2 is 1.98 bits per heavy atom. The van der Waals surface area contributed by atoms with Crippen molar-refractivity contribution in [3.05, 3.63) is 63.1 Å². The molecule has 3 aliphatic rings. The third kappa shape index (κ3) is 6.23. The first-order chi connectivity index (χ1) is 21.6. The van der Waals surface area contributed by atoms with Crippen molar-refractivity contribution < 1.29 is 13.9 Å². The van der Waals surface area contributed by atoms with Gasteiger partial charge in [-0.2, -0.15) is 5.26 Å². The summed E-state index contributed by atoms with van der Waals surface area (Å²) in [6.45, 7) is 13.1. The molecular formula is C36H47FN6O2. The highest BCUT2D eigenvalue weighted by atomic mass is 19.1. The second-order valence-electron chi connectivity index (χ2n) is 12.8. The number of nitrogens with zero attached hydrogens (tertiary/aromatic N) is 4. The molecular weight excluding hydrogens is 567 g/mol. The van der Waals surface area contributed by atoms with Crippen LogP contribution in [0.25, 0.3) is 16.7 Å². The number of piperidine rings is 1. The van der Waals surface area contributed by atoms with Crippen molar-refractivity contribution in [2.75, 3.05) is 26.8 Å². The monoisotopic (exact) mass is 614 g/mol. The van der Waals surface area contributed by atoms with Crippen LogP contribution in [0.2, 0.25) is 0 Å². The molecule has 3 N–H and O–H groups in total. The molecule has 2 aromatic rings. The lowest BCUT2D eigenvalue weighted by atomic mass is 9.82. The molecule has 0 aromatic heterocycles. The predicted molar refractivity (Wildman–Crippen MR) is 177 cm³/mol. The van der Waals surface area contributed by atoms with Crippen LogP contribution in [0, 0.1) is 30.0 Å². The summed E-state index contributed by atoms with van der Waals surface area (Å²) in [7, 11) is 1.86. The minimum atomic E-state index is -0.382. The van der Waals surface area contributed by atoms with Crippen molar-refractivity contribution in [1.29, 1.82) is 5.26 Å². The highest BCUT2D eigenvalue weighted by Gasteiger charge is 2.33. The Hall–Kier alpha value is -3.74. The number of amidine groups is 1. The molecule has 0 bridgehead atoms. The Balaban J connectivity index is 1.67. The van der Waals surface area contributed by atoms with Gasteiger partial charge in [-0.15, -0.1) is 0 Å². The van der Waals surface area contributed by atoms with Crippen LogP contribution in [0.4, 0.5) is 4.39 Å². The zero-order valence-electron chi connectivity index (χ0n) is 27.6. The summed E-state index contributed by atoms with van der Waals surface area (Å²) in [6.07, 6.45) is 4.69. The smallest absolute Gasteiger partial charge is 0.244 e. The van der Waals surface area contributed by atoms with E-state index in [-0.39, 0.29) is 23.3 Å². The number of halogens is 1. The van der Waals surface area contributed by atoms with Gasteiger partial charge in [-0.1, -0.05) is 26.3 Å². The molecule has 3 aliphatic heterocycles. The largest absolute Gasteiger partial charge is 0.401 e. The highest BCUT2D eigenvalue weighted by molar-refractivity contribution is 6.04. The average molecular weight is 615 g/mol. The maximum absolute atomic E-state index is 15.0. The number of nitriles is 1. The summed E-state index contributed by atoms with van der Waals surface area (Å²) >= 11 is 0. The number of rotatable bonds is 8. The lowest BCUT2D eigenvalue weighted by Crippen LogP contribution is -2.51. The highest BCUT2D eigenvalue weighted by Crippen LogP contribution is 2.42. The second kappa shape index (κ2) is 13.7. The molecule has 0 aliphatic carbocycles. The van der Waals surface area contributed by atoms with E-state index in [9.17, 15) is 14.4 Å². The van der Waals surface area contributed by atoms with Gasteiger partial charge >= 0.3 is 0 Å². The predicted octanol–water partition coefficient (Wildman–Crippen LogP) is 5.64. The van der Waals surface area contributed by atoms with Gasteiger partial charge in [0.25, 0.3) is 0 Å². The zero-order chi connectivity index (χ0) is 32.4. The quantitative estimate of drug-likeness (QED) is 0.226. The molecule has 8 nitrogen and oxygen atoms in total. The molecule has 3 atom stereocenters. The first kappa shape index (κ1) is 32.6. The van der Waals surface area contributed by atoms with Gasteiger partial charge in [0, 0.05) is 43.0 Å². The summed E-state index contributed by atoms with van der Waals surface area (Å²) < 4.78 is 21.1. The van der Waals surface area contributed by atoms with Crippen molar-refractivity contribution in [3.8, 4) is 17.2 Å². The maximum Gasteiger partial charge on any atom is 0.244 e. The number of ether oxygens (including phenoxy) is 1. The van der Waals surface area contributed by atoms with E-state index in [1.54, 1.807) is 24.8 Å². The van der Waals surface area contributed by atoms with Crippen LogP contribution < -0.4 is 11.1 Å². The SMILES string of the molecule is CCc1cc(/C(=N\CN2CCC(CC)C2C)NC2CCCN(C)C2=O)c2c(c1-c1ccc(F)c(C)c1/C(C#N)=C(\C)N)COC2. The minimum absolute atomic E-state index is 0.0779. The lowest BCUT2D eigenvalue weighted by Gasteiger charge is -2.31. The number of fused-ring (bicyclic) bond motifs is 1. The summed E-state index contributed by atoms with van der Waals surface area (Å²) in [5.74, 6) is 1.07. The van der Waals surface area contributed by atoms with E-state index in [2.05, 4.69) is 43.1 Å². The van der Waals surface area contributed by atoms with Crippen LogP contribution in [-0.4, -0.2) is 60.4 Å². The standard InChI is InChI=1S/C36H47FN6O2/c1-7-24-13-15-43(23(24)5)20-40-35(41-32-10-9-14-42(6)36(32)44)27-16-25(8-2)34(30-19-45-18-29(27)30)26-11-12-31(37)21(3)33(26)28(17-38)22(4)39/h11-12,16,23-24,32H,7-10,13-15,18-20,39H2,1-6H3,(H,40,41)/b28-22+. The van der Waals surface area contributed by atoms with Crippen LogP contribution in [0.15, 0.2) is 28.9 Å². The van der Waals surface area contributed by atoms with Gasteiger partial charge in [0.2, 0.25) is 5.91 Å². The molecule has 9 heteroatoms. The zero-order valence-corrected chi connectivity index (χ0v) is 27.6. The summed E-state index contributed by atoms with van der Waals surface area (Å²) in [5.41, 5.74) is 13.4. The number of nitrogens with two attached hydrogens (primary N) is 1. The van der Waals surface area contributed by atoms with Crippen LogP contribution in [0.5, 0.6) is 0 Å². The molecule has 0 saturated carbocycles. The fourth-order valence-corrected chi connectivity index (χ4v) is 7.32. The van der Waals surface area contributed by atoms with Crippen LogP contribution in [0.1, 0.15) is 86.8 Å². The van der Waals surface area contributed by atoms with E-state index in [0.29, 0.717) is 60.9 Å². The Morgan fingerprint density at radius 1 is 1.22 bits per heavy atom. The summed E-state index contributed by atoms with van der Waals surface area (Å²) in [4.78, 5) is 22.6. The van der Waals surface area contributed by atoms with Gasteiger partial charge in [0.05, 0.1) is 25.5 Å². The van der Waals surface area contributed by atoms with Gasteiger partial charge in [0.1, 0.15) is 23.8 Å². The van der Waals surface area contributed by atoms with Crippen molar-refractivity contribution >= 4 is 17.3 Å². The first-order valence-electron chi connectivity index (χ1n) is 16.3. The molecule has 2 aromatic carbocycles. The Labute approximate surface area is 267 Å². The number of aryl methyl sites for hydroxylation is 1. The van der Waals surface area contributed by atoms with E-state index in [0.717, 1.165) is 65.7 Å². The van der Waals surface area contributed by atoms with Crippen molar-refractivity contribution in [2.24, 2.45) is 16.6 Å². The van der Waals surface area contributed by atoms with Crippen LogP contribution in [0.3, 0.4) is 0 Å². The van der Waals surface area contributed by atoms with Gasteiger partial charge < -0.3 is 20.7 Å². The van der Waals surface area contributed by atoms with Crippen LogP contribution in [-0.2, 0) is 29.2 Å². The number of likely N-dealkylation sites (N-methyl/N-ethyl adjacent to an activating group) is 1. The van der Waals surface area contributed by atoms with E-state index in [1.165, 1.54) is 12.5 Å².